The van der Waals surface area contributed by atoms with Gasteiger partial charge < -0.3 is 24.2 Å². The fraction of sp³-hybridized carbons (Fsp3) is 0.438. The molecule has 13 heteroatoms. The Labute approximate surface area is 266 Å². The molecule has 240 valence electrons. The zero-order valence-electron chi connectivity index (χ0n) is 25.4. The van der Waals surface area contributed by atoms with E-state index in [2.05, 4.69) is 18.0 Å². The zero-order valence-corrected chi connectivity index (χ0v) is 26.2. The van der Waals surface area contributed by atoms with E-state index in [1.807, 2.05) is 31.2 Å². The summed E-state index contributed by atoms with van der Waals surface area (Å²) in [6.45, 7) is 10.3. The maximum atomic E-state index is 13.6. The number of allylic oxidation sites excluding steroid dienone is 1. The second-order valence-electron chi connectivity index (χ2n) is 11.4. The molecular weight excluding hydrogens is 600 g/mol. The van der Waals surface area contributed by atoms with Gasteiger partial charge in [-0.2, -0.15) is 0 Å². The van der Waals surface area contributed by atoms with Crippen LogP contribution in [0, 0.1) is 5.92 Å². The number of ether oxygens (including phenoxy) is 2. The first-order valence-electron chi connectivity index (χ1n) is 14.8. The quantitative estimate of drug-likeness (QED) is 0.131. The van der Waals surface area contributed by atoms with Crippen LogP contribution < -0.4 is 0 Å². The Balaban J connectivity index is 1.31. The summed E-state index contributed by atoms with van der Waals surface area (Å²) in [7, 11) is 1.65. The van der Waals surface area contributed by atoms with Crippen molar-refractivity contribution in [3.63, 3.8) is 0 Å². The summed E-state index contributed by atoms with van der Waals surface area (Å²) in [5, 5.41) is 9.49. The molecule has 5 rings (SSSR count). The number of benzene rings is 1. The largest absolute Gasteiger partial charge is 0.445 e. The van der Waals surface area contributed by atoms with Gasteiger partial charge in [0.25, 0.3) is 0 Å². The molecule has 4 aliphatic heterocycles. The minimum absolute atomic E-state index is 0.0665. The predicted octanol–water partition coefficient (Wildman–Crippen LogP) is 4.29. The summed E-state index contributed by atoms with van der Waals surface area (Å²) in [5.74, 6) is 0.154. The lowest BCUT2D eigenvalue weighted by molar-refractivity contribution is -0.233. The van der Waals surface area contributed by atoms with Crippen molar-refractivity contribution >= 4 is 35.8 Å². The number of rotatable bonds is 10. The topological polar surface area (TPSA) is 129 Å². The lowest BCUT2D eigenvalue weighted by Gasteiger charge is -2.47. The average molecular weight is 639 g/mol. The van der Waals surface area contributed by atoms with Gasteiger partial charge in [0.1, 0.15) is 13.2 Å². The van der Waals surface area contributed by atoms with Crippen LogP contribution in [0.15, 0.2) is 72.7 Å². The molecule has 0 aromatic heterocycles. The Morgan fingerprint density at radius 1 is 1.13 bits per heavy atom. The molecule has 4 heterocycles. The van der Waals surface area contributed by atoms with Crippen LogP contribution in [0.4, 0.5) is 9.59 Å². The highest BCUT2D eigenvalue weighted by atomic mass is 32.2. The Hall–Kier alpha value is -4.23. The third kappa shape index (κ3) is 6.45. The van der Waals surface area contributed by atoms with Gasteiger partial charge in [0.2, 0.25) is 17.7 Å². The summed E-state index contributed by atoms with van der Waals surface area (Å²) in [5.41, 5.74) is 2.92. The van der Waals surface area contributed by atoms with E-state index < -0.39 is 12.2 Å². The number of likely N-dealkylation sites (tertiary alicyclic amines) is 2. The van der Waals surface area contributed by atoms with Gasteiger partial charge in [0.15, 0.2) is 0 Å². The van der Waals surface area contributed by atoms with Crippen molar-refractivity contribution in [2.45, 2.75) is 43.8 Å². The fourth-order valence-corrected chi connectivity index (χ4v) is 7.47. The number of nitrogens with zero attached hydrogens (tertiary/aromatic N) is 4. The van der Waals surface area contributed by atoms with Gasteiger partial charge in [-0.3, -0.25) is 19.4 Å². The van der Waals surface area contributed by atoms with Crippen LogP contribution in [0.3, 0.4) is 0 Å². The molecule has 4 amide bonds. The first kappa shape index (κ1) is 32.2. The normalized spacial score (nSPS) is 25.2. The number of thioether (sulfide) groups is 1. The SMILES string of the molecule is C=CCOC(=O)N(C)Cc1ccc([C@H]2CC(N3CC/C(=C\C4=C(OO)N5C(=O)C(C)C5SC4)C3=O)CN2C(=O)OCC=C)cc1. The molecule has 3 saturated heterocycles. The number of amides is 4. The van der Waals surface area contributed by atoms with Crippen molar-refractivity contribution in [2.24, 2.45) is 5.92 Å². The molecule has 0 saturated carbocycles. The summed E-state index contributed by atoms with van der Waals surface area (Å²) >= 11 is 1.57. The van der Waals surface area contributed by atoms with Crippen molar-refractivity contribution in [3.05, 3.63) is 83.8 Å². The van der Waals surface area contributed by atoms with E-state index in [4.69, 9.17) is 9.47 Å². The van der Waals surface area contributed by atoms with E-state index in [1.54, 1.807) is 34.7 Å². The van der Waals surface area contributed by atoms with Crippen molar-refractivity contribution in [2.75, 3.05) is 39.1 Å². The van der Waals surface area contributed by atoms with E-state index >= 15 is 0 Å². The van der Waals surface area contributed by atoms with Gasteiger partial charge in [-0.15, -0.1) is 11.8 Å². The summed E-state index contributed by atoms with van der Waals surface area (Å²) < 4.78 is 10.5. The molecule has 3 fully saturated rings. The van der Waals surface area contributed by atoms with Crippen LogP contribution >= 0.6 is 11.8 Å². The monoisotopic (exact) mass is 638 g/mol. The molecule has 4 atom stereocenters. The van der Waals surface area contributed by atoms with Crippen molar-refractivity contribution in [3.8, 4) is 0 Å². The average Bonchev–Trinajstić information content (AvgIpc) is 3.65. The molecular formula is C32H38N4O8S. The molecule has 0 bridgehead atoms. The van der Waals surface area contributed by atoms with Gasteiger partial charge in [-0.1, -0.05) is 56.5 Å². The first-order valence-corrected chi connectivity index (χ1v) is 15.9. The van der Waals surface area contributed by atoms with Crippen LogP contribution in [0.1, 0.15) is 36.9 Å². The van der Waals surface area contributed by atoms with Gasteiger partial charge in [-0.25, -0.2) is 14.8 Å². The van der Waals surface area contributed by atoms with Gasteiger partial charge in [0.05, 0.1) is 23.4 Å². The Morgan fingerprint density at radius 3 is 2.53 bits per heavy atom. The van der Waals surface area contributed by atoms with Crippen LogP contribution in [0.25, 0.3) is 0 Å². The first-order chi connectivity index (χ1) is 21.7. The van der Waals surface area contributed by atoms with E-state index in [9.17, 15) is 24.4 Å². The minimum Gasteiger partial charge on any atom is -0.445 e. The lowest BCUT2D eigenvalue weighted by Crippen LogP contribution is -2.59. The minimum atomic E-state index is -0.490. The molecule has 3 unspecified atom stereocenters. The van der Waals surface area contributed by atoms with Gasteiger partial charge in [-0.05, 0) is 30.0 Å². The number of hydrogen-bond acceptors (Lipinski definition) is 9. The van der Waals surface area contributed by atoms with Crippen LogP contribution in [-0.4, -0.2) is 99.4 Å². The third-order valence-corrected chi connectivity index (χ3v) is 9.94. The molecule has 1 aromatic carbocycles. The van der Waals surface area contributed by atoms with E-state index in [0.29, 0.717) is 49.4 Å². The van der Waals surface area contributed by atoms with Crippen molar-refractivity contribution < 1.29 is 38.8 Å². The molecule has 12 nitrogen and oxygen atoms in total. The second kappa shape index (κ2) is 13.8. The molecule has 0 aliphatic carbocycles. The summed E-state index contributed by atoms with van der Waals surface area (Å²) in [6.07, 6.45) is 4.79. The van der Waals surface area contributed by atoms with Gasteiger partial charge in [0, 0.05) is 43.6 Å². The highest BCUT2D eigenvalue weighted by Gasteiger charge is 2.51. The number of carbonyl (C=O) groups excluding carboxylic acids is 4. The zero-order chi connectivity index (χ0) is 32.2. The van der Waals surface area contributed by atoms with Crippen molar-refractivity contribution in [1.29, 1.82) is 0 Å². The lowest BCUT2D eigenvalue weighted by atomic mass is 10.00. The molecule has 1 N–H and O–H groups in total. The van der Waals surface area contributed by atoms with E-state index in [-0.39, 0.29) is 54.3 Å². The highest BCUT2D eigenvalue weighted by molar-refractivity contribution is 8.00. The van der Waals surface area contributed by atoms with Crippen LogP contribution in [-0.2, 0) is 30.5 Å². The van der Waals surface area contributed by atoms with E-state index in [1.165, 1.54) is 22.0 Å². The maximum absolute atomic E-state index is 13.6. The summed E-state index contributed by atoms with van der Waals surface area (Å²) in [6, 6.07) is 7.07. The van der Waals surface area contributed by atoms with Crippen LogP contribution in [0.2, 0.25) is 0 Å². The Bertz CT molecular complexity index is 1430. The summed E-state index contributed by atoms with van der Waals surface area (Å²) in [4.78, 5) is 62.2. The molecule has 4 aliphatic rings. The smallest absolute Gasteiger partial charge is 0.410 e. The fourth-order valence-electron chi connectivity index (χ4n) is 6.16. The van der Waals surface area contributed by atoms with Gasteiger partial charge >= 0.3 is 12.2 Å². The standard InChI is InChI=1S/C32H38N4O8S/c1-5-13-42-31(39)33(4)17-21-7-9-22(10-8-21)26-16-25(18-35(26)32(40)43-14-6-2)34-12-11-23(28(34)38)15-24-19-45-30-20(3)27(37)36(30)29(24)44-41/h5-10,15,20,25-26,30,41H,1-2,11-14,16-19H2,3-4H3/b23-15+/t20?,25?,26-,30?/m1/s1. The third-order valence-electron chi connectivity index (χ3n) is 8.50. The molecule has 0 spiro atoms. The second-order valence-corrected chi connectivity index (χ2v) is 12.5. The highest BCUT2D eigenvalue weighted by Crippen LogP contribution is 2.44. The number of fused-ring (bicyclic) bond motifs is 1. The van der Waals surface area contributed by atoms with Crippen molar-refractivity contribution in [1.82, 2.24) is 19.6 Å². The molecule has 1 aromatic rings. The van der Waals surface area contributed by atoms with E-state index in [0.717, 1.165) is 11.1 Å². The number of hydrogen-bond donors (Lipinski definition) is 1. The molecule has 45 heavy (non-hydrogen) atoms. The number of β-lactam (4-membered cyclic amide) rings is 1. The maximum Gasteiger partial charge on any atom is 0.410 e. The van der Waals surface area contributed by atoms with Crippen LogP contribution in [0.5, 0.6) is 0 Å². The molecule has 0 radical (unpaired) electrons. The number of carbonyl (C=O) groups is 4. The Kier molecular flexibility index (Phi) is 9.88. The predicted molar refractivity (Wildman–Crippen MR) is 166 cm³/mol. The Morgan fingerprint density at radius 2 is 1.84 bits per heavy atom.